The van der Waals surface area contributed by atoms with Crippen LogP contribution in [0.15, 0.2) is 24.8 Å². The third-order valence-corrected chi connectivity index (χ3v) is 2.29. The van der Waals surface area contributed by atoms with E-state index in [-0.39, 0.29) is 5.78 Å². The van der Waals surface area contributed by atoms with Gasteiger partial charge in [0.15, 0.2) is 5.78 Å². The standard InChI is InChI=1S/C10H14O/c1-3-4-5-9-6-7-10(11)8(9)2/h3,9H,1-2,4-7H2. The molecule has 0 aromatic heterocycles. The highest BCUT2D eigenvalue weighted by atomic mass is 16.1. The molecular weight excluding hydrogens is 136 g/mol. The molecule has 0 N–H and O–H groups in total. The molecule has 0 amide bonds. The van der Waals surface area contributed by atoms with E-state index in [0.717, 1.165) is 24.8 Å². The zero-order valence-electron chi connectivity index (χ0n) is 6.81. The van der Waals surface area contributed by atoms with E-state index in [4.69, 9.17) is 0 Å². The van der Waals surface area contributed by atoms with Crippen molar-refractivity contribution in [2.24, 2.45) is 5.92 Å². The molecular formula is C10H14O. The molecule has 0 spiro atoms. The third kappa shape index (κ3) is 1.79. The molecule has 0 aromatic carbocycles. The Balaban J connectivity index is 2.42. The van der Waals surface area contributed by atoms with Crippen molar-refractivity contribution in [1.82, 2.24) is 0 Å². The van der Waals surface area contributed by atoms with Crippen LogP contribution in [-0.2, 0) is 4.79 Å². The van der Waals surface area contributed by atoms with E-state index in [9.17, 15) is 4.79 Å². The molecule has 11 heavy (non-hydrogen) atoms. The summed E-state index contributed by atoms with van der Waals surface area (Å²) >= 11 is 0. The van der Waals surface area contributed by atoms with Gasteiger partial charge in [-0.05, 0) is 30.8 Å². The first-order chi connectivity index (χ1) is 5.25. The van der Waals surface area contributed by atoms with E-state index in [1.165, 1.54) is 0 Å². The molecule has 0 radical (unpaired) electrons. The van der Waals surface area contributed by atoms with E-state index < -0.39 is 0 Å². The van der Waals surface area contributed by atoms with Crippen LogP contribution >= 0.6 is 0 Å². The molecule has 1 saturated carbocycles. The Labute approximate surface area is 67.8 Å². The van der Waals surface area contributed by atoms with Crippen LogP contribution < -0.4 is 0 Å². The van der Waals surface area contributed by atoms with Gasteiger partial charge in [0.1, 0.15) is 0 Å². The maximum Gasteiger partial charge on any atom is 0.158 e. The van der Waals surface area contributed by atoms with Crippen LogP contribution in [0.4, 0.5) is 0 Å². The van der Waals surface area contributed by atoms with Crippen LogP contribution in [0.25, 0.3) is 0 Å². The molecule has 0 bridgehead atoms. The molecule has 0 heterocycles. The SMILES string of the molecule is C=CCCC1CCC(=O)C1=C. The second-order valence-electron chi connectivity index (χ2n) is 3.05. The second kappa shape index (κ2) is 3.51. The second-order valence-corrected chi connectivity index (χ2v) is 3.05. The number of hydrogen-bond acceptors (Lipinski definition) is 1. The van der Waals surface area contributed by atoms with Crippen LogP contribution in [0.1, 0.15) is 25.7 Å². The minimum Gasteiger partial charge on any atom is -0.295 e. The first-order valence-electron chi connectivity index (χ1n) is 4.08. The quantitative estimate of drug-likeness (QED) is 0.446. The monoisotopic (exact) mass is 150 g/mol. The van der Waals surface area contributed by atoms with Gasteiger partial charge in [-0.3, -0.25) is 4.79 Å². The third-order valence-electron chi connectivity index (χ3n) is 2.29. The zero-order valence-corrected chi connectivity index (χ0v) is 6.81. The molecule has 1 aliphatic rings. The molecule has 1 unspecified atom stereocenters. The fraction of sp³-hybridized carbons (Fsp3) is 0.500. The summed E-state index contributed by atoms with van der Waals surface area (Å²) in [5, 5.41) is 0. The van der Waals surface area contributed by atoms with Gasteiger partial charge in [0, 0.05) is 6.42 Å². The van der Waals surface area contributed by atoms with Gasteiger partial charge < -0.3 is 0 Å². The van der Waals surface area contributed by atoms with Crippen LogP contribution in [0.5, 0.6) is 0 Å². The Morgan fingerprint density at radius 3 is 2.82 bits per heavy atom. The summed E-state index contributed by atoms with van der Waals surface area (Å²) in [5.74, 6) is 0.708. The lowest BCUT2D eigenvalue weighted by Gasteiger charge is -2.06. The zero-order chi connectivity index (χ0) is 8.27. The van der Waals surface area contributed by atoms with Gasteiger partial charge in [0.2, 0.25) is 0 Å². The molecule has 1 aliphatic carbocycles. The predicted molar refractivity (Wildman–Crippen MR) is 46.3 cm³/mol. The average molecular weight is 150 g/mol. The minimum absolute atomic E-state index is 0.263. The summed E-state index contributed by atoms with van der Waals surface area (Å²) in [4.78, 5) is 11.0. The smallest absolute Gasteiger partial charge is 0.158 e. The lowest BCUT2D eigenvalue weighted by Crippen LogP contribution is -1.98. The highest BCUT2D eigenvalue weighted by Crippen LogP contribution is 2.30. The van der Waals surface area contributed by atoms with Gasteiger partial charge in [-0.2, -0.15) is 0 Å². The van der Waals surface area contributed by atoms with Gasteiger partial charge >= 0.3 is 0 Å². The van der Waals surface area contributed by atoms with Crippen molar-refractivity contribution in [2.45, 2.75) is 25.7 Å². The number of carbonyl (C=O) groups excluding carboxylic acids is 1. The van der Waals surface area contributed by atoms with Gasteiger partial charge in [-0.15, -0.1) is 6.58 Å². The first-order valence-corrected chi connectivity index (χ1v) is 4.08. The number of Topliss-reactive ketones (excluding diaryl/α,β-unsaturated/α-hetero) is 1. The van der Waals surface area contributed by atoms with Crippen molar-refractivity contribution in [3.8, 4) is 0 Å². The molecule has 1 fully saturated rings. The van der Waals surface area contributed by atoms with Crippen LogP contribution in [0.3, 0.4) is 0 Å². The number of rotatable bonds is 3. The van der Waals surface area contributed by atoms with E-state index in [1.807, 2.05) is 6.08 Å². The number of allylic oxidation sites excluding steroid dienone is 2. The Morgan fingerprint density at radius 2 is 2.36 bits per heavy atom. The Morgan fingerprint density at radius 1 is 1.64 bits per heavy atom. The summed E-state index contributed by atoms with van der Waals surface area (Å²) in [6.45, 7) is 7.44. The van der Waals surface area contributed by atoms with Gasteiger partial charge in [0.25, 0.3) is 0 Å². The first kappa shape index (κ1) is 8.25. The van der Waals surface area contributed by atoms with Crippen molar-refractivity contribution < 1.29 is 4.79 Å². The summed E-state index contributed by atoms with van der Waals surface area (Å²) in [6, 6.07) is 0. The maximum absolute atomic E-state index is 11.0. The Hall–Kier alpha value is -0.850. The largest absolute Gasteiger partial charge is 0.295 e. The molecule has 1 nitrogen and oxygen atoms in total. The van der Waals surface area contributed by atoms with Crippen molar-refractivity contribution in [1.29, 1.82) is 0 Å². The molecule has 1 rings (SSSR count). The van der Waals surface area contributed by atoms with Crippen molar-refractivity contribution in [3.63, 3.8) is 0 Å². The molecule has 0 aliphatic heterocycles. The molecule has 1 heteroatoms. The van der Waals surface area contributed by atoms with E-state index in [2.05, 4.69) is 13.2 Å². The normalized spacial score (nSPS) is 24.2. The van der Waals surface area contributed by atoms with Crippen molar-refractivity contribution >= 4 is 5.78 Å². The fourth-order valence-electron chi connectivity index (χ4n) is 1.51. The average Bonchev–Trinajstić information content (AvgIpc) is 2.31. The van der Waals surface area contributed by atoms with Crippen LogP contribution in [0.2, 0.25) is 0 Å². The van der Waals surface area contributed by atoms with Crippen molar-refractivity contribution in [2.75, 3.05) is 0 Å². The van der Waals surface area contributed by atoms with Crippen molar-refractivity contribution in [3.05, 3.63) is 24.8 Å². The van der Waals surface area contributed by atoms with Gasteiger partial charge in [-0.1, -0.05) is 12.7 Å². The highest BCUT2D eigenvalue weighted by Gasteiger charge is 2.25. The summed E-state index contributed by atoms with van der Waals surface area (Å²) in [6.07, 6.45) is 5.66. The number of ketones is 1. The molecule has 0 saturated heterocycles. The molecule has 0 aromatic rings. The van der Waals surface area contributed by atoms with Gasteiger partial charge in [-0.25, -0.2) is 0 Å². The molecule has 60 valence electrons. The Kier molecular flexibility index (Phi) is 2.64. The summed E-state index contributed by atoms with van der Waals surface area (Å²) < 4.78 is 0. The topological polar surface area (TPSA) is 17.1 Å². The lowest BCUT2D eigenvalue weighted by molar-refractivity contribution is -0.114. The van der Waals surface area contributed by atoms with E-state index >= 15 is 0 Å². The Bertz CT molecular complexity index is 191. The predicted octanol–water partition coefficient (Wildman–Crippen LogP) is 2.49. The summed E-state index contributed by atoms with van der Waals surface area (Å²) in [7, 11) is 0. The number of carbonyl (C=O) groups is 1. The highest BCUT2D eigenvalue weighted by molar-refractivity contribution is 5.97. The van der Waals surface area contributed by atoms with Crippen LogP contribution in [-0.4, -0.2) is 5.78 Å². The van der Waals surface area contributed by atoms with Gasteiger partial charge in [0.05, 0.1) is 0 Å². The summed E-state index contributed by atoms with van der Waals surface area (Å²) in [5.41, 5.74) is 0.840. The lowest BCUT2D eigenvalue weighted by atomic mass is 9.98. The maximum atomic E-state index is 11.0. The minimum atomic E-state index is 0.263. The van der Waals surface area contributed by atoms with E-state index in [0.29, 0.717) is 12.3 Å². The fourth-order valence-corrected chi connectivity index (χ4v) is 1.51. The molecule has 1 atom stereocenters. The van der Waals surface area contributed by atoms with Crippen LogP contribution in [0, 0.1) is 5.92 Å². The number of hydrogen-bond donors (Lipinski definition) is 0. The van der Waals surface area contributed by atoms with E-state index in [1.54, 1.807) is 0 Å².